The summed E-state index contributed by atoms with van der Waals surface area (Å²) in [6.45, 7) is 0. The van der Waals surface area contributed by atoms with Gasteiger partial charge >= 0.3 is 0 Å². The Kier molecular flexibility index (Phi) is 8.79. The van der Waals surface area contributed by atoms with Crippen molar-refractivity contribution in [1.82, 2.24) is 19.5 Å². The van der Waals surface area contributed by atoms with Gasteiger partial charge in [-0.15, -0.1) is 0 Å². The fourth-order valence-corrected chi connectivity index (χ4v) is 10.1. The molecular weight excluding hydrogens is 845 g/mol. The van der Waals surface area contributed by atoms with E-state index in [4.69, 9.17) is 23.8 Å². The minimum atomic E-state index is 0.581. The molecule has 14 aromatic rings. The van der Waals surface area contributed by atoms with Gasteiger partial charge in [0.25, 0.3) is 0 Å². The maximum absolute atomic E-state index is 6.67. The number of nitrogens with zero attached hydrogens (tertiary/aromatic N) is 4. The van der Waals surface area contributed by atoms with Crippen molar-refractivity contribution in [3.63, 3.8) is 0 Å². The molecule has 10 aromatic carbocycles. The largest absolute Gasteiger partial charge is 0.456 e. The van der Waals surface area contributed by atoms with E-state index in [1.807, 2.05) is 48.5 Å². The summed E-state index contributed by atoms with van der Waals surface area (Å²) < 4.78 is 15.5. The predicted octanol–water partition coefficient (Wildman–Crippen LogP) is 16.8. The van der Waals surface area contributed by atoms with E-state index in [1.54, 1.807) is 0 Å². The third kappa shape index (κ3) is 6.53. The van der Waals surface area contributed by atoms with Crippen molar-refractivity contribution >= 4 is 65.7 Å². The Labute approximate surface area is 396 Å². The van der Waals surface area contributed by atoms with Gasteiger partial charge in [-0.05, 0) is 100 Å². The molecule has 0 unspecified atom stereocenters. The second-order valence-corrected chi connectivity index (χ2v) is 17.6. The molecular formula is C63H38N4O2. The quantitative estimate of drug-likeness (QED) is 0.159. The Hall–Kier alpha value is -9.39. The van der Waals surface area contributed by atoms with Gasteiger partial charge in [-0.3, -0.25) is 0 Å². The first-order chi connectivity index (χ1) is 34.2. The molecule has 0 atom stereocenters. The molecule has 0 amide bonds. The zero-order chi connectivity index (χ0) is 45.4. The van der Waals surface area contributed by atoms with Crippen molar-refractivity contribution < 1.29 is 8.83 Å². The van der Waals surface area contributed by atoms with Crippen LogP contribution < -0.4 is 0 Å². The summed E-state index contributed by atoms with van der Waals surface area (Å²) in [5.74, 6) is 1.79. The first-order valence-electron chi connectivity index (χ1n) is 23.2. The number of fused-ring (bicyclic) bond motifs is 9. The summed E-state index contributed by atoms with van der Waals surface area (Å²) in [4.78, 5) is 15.3. The van der Waals surface area contributed by atoms with Crippen LogP contribution in [0.3, 0.4) is 0 Å². The minimum absolute atomic E-state index is 0.581. The molecule has 0 spiro atoms. The van der Waals surface area contributed by atoms with E-state index in [-0.39, 0.29) is 0 Å². The van der Waals surface area contributed by atoms with Crippen molar-refractivity contribution in [2.24, 2.45) is 0 Å². The lowest BCUT2D eigenvalue weighted by molar-refractivity contribution is 0.669. The molecule has 14 rings (SSSR count). The zero-order valence-electron chi connectivity index (χ0n) is 37.0. The Morgan fingerprint density at radius 3 is 1.55 bits per heavy atom. The lowest BCUT2D eigenvalue weighted by Crippen LogP contribution is -2.00. The summed E-state index contributed by atoms with van der Waals surface area (Å²) in [7, 11) is 0. The van der Waals surface area contributed by atoms with Crippen LogP contribution in [0.5, 0.6) is 0 Å². The lowest BCUT2D eigenvalue weighted by Gasteiger charge is -2.10. The predicted molar refractivity (Wildman–Crippen MR) is 281 cm³/mol. The molecule has 69 heavy (non-hydrogen) atoms. The molecule has 0 bridgehead atoms. The summed E-state index contributed by atoms with van der Waals surface area (Å²) >= 11 is 0. The smallest absolute Gasteiger partial charge is 0.164 e. The number of benzene rings is 10. The Balaban J connectivity index is 0.856. The molecule has 4 heterocycles. The molecule has 0 saturated heterocycles. The third-order valence-electron chi connectivity index (χ3n) is 13.5. The van der Waals surface area contributed by atoms with Gasteiger partial charge in [0.15, 0.2) is 17.5 Å². The number of rotatable bonds is 7. The number of furan rings is 2. The van der Waals surface area contributed by atoms with Crippen molar-refractivity contribution in [3.8, 4) is 73.2 Å². The highest BCUT2D eigenvalue weighted by atomic mass is 16.3. The number of para-hydroxylation sites is 1. The van der Waals surface area contributed by atoms with E-state index >= 15 is 0 Å². The summed E-state index contributed by atoms with van der Waals surface area (Å²) in [6.07, 6.45) is 0. The topological polar surface area (TPSA) is 69.9 Å². The van der Waals surface area contributed by atoms with Gasteiger partial charge in [-0.1, -0.05) is 164 Å². The molecule has 0 aliphatic rings. The van der Waals surface area contributed by atoms with Crippen molar-refractivity contribution in [2.45, 2.75) is 0 Å². The Bertz CT molecular complexity index is 4290. The van der Waals surface area contributed by atoms with Crippen LogP contribution in [-0.2, 0) is 0 Å². The van der Waals surface area contributed by atoms with Gasteiger partial charge in [-0.2, -0.15) is 0 Å². The van der Waals surface area contributed by atoms with Crippen LogP contribution in [0.25, 0.3) is 139 Å². The molecule has 322 valence electrons. The van der Waals surface area contributed by atoms with E-state index in [2.05, 4.69) is 187 Å². The second-order valence-electron chi connectivity index (χ2n) is 17.6. The van der Waals surface area contributed by atoms with Gasteiger partial charge < -0.3 is 13.4 Å². The first-order valence-corrected chi connectivity index (χ1v) is 23.2. The minimum Gasteiger partial charge on any atom is -0.456 e. The molecule has 0 saturated carbocycles. The monoisotopic (exact) mass is 882 g/mol. The molecule has 0 N–H and O–H groups in total. The van der Waals surface area contributed by atoms with Crippen LogP contribution in [-0.4, -0.2) is 19.5 Å². The second kappa shape index (κ2) is 15.6. The number of aromatic nitrogens is 4. The fourth-order valence-electron chi connectivity index (χ4n) is 10.1. The van der Waals surface area contributed by atoms with Crippen LogP contribution in [0, 0.1) is 0 Å². The molecule has 0 aliphatic heterocycles. The highest BCUT2D eigenvalue weighted by Gasteiger charge is 2.20. The molecule has 6 heteroatoms. The third-order valence-corrected chi connectivity index (χ3v) is 13.5. The number of hydrogen-bond acceptors (Lipinski definition) is 5. The van der Waals surface area contributed by atoms with Gasteiger partial charge in [0.05, 0.1) is 11.0 Å². The maximum Gasteiger partial charge on any atom is 0.164 e. The van der Waals surface area contributed by atoms with E-state index in [0.29, 0.717) is 17.5 Å². The maximum atomic E-state index is 6.67. The molecule has 0 fully saturated rings. The van der Waals surface area contributed by atoms with Crippen molar-refractivity contribution in [3.05, 3.63) is 231 Å². The van der Waals surface area contributed by atoms with Crippen LogP contribution >= 0.6 is 0 Å². The Morgan fingerprint density at radius 2 is 0.783 bits per heavy atom. The van der Waals surface area contributed by atoms with E-state index < -0.39 is 0 Å². The van der Waals surface area contributed by atoms with Crippen LogP contribution in [0.2, 0.25) is 0 Å². The van der Waals surface area contributed by atoms with Gasteiger partial charge in [-0.25, -0.2) is 15.0 Å². The highest BCUT2D eigenvalue weighted by molar-refractivity contribution is 6.14. The summed E-state index contributed by atoms with van der Waals surface area (Å²) in [6, 6.07) is 80.4. The van der Waals surface area contributed by atoms with E-state index in [1.165, 1.54) is 21.9 Å². The molecule has 4 aromatic heterocycles. The number of hydrogen-bond donors (Lipinski definition) is 0. The van der Waals surface area contributed by atoms with Crippen LogP contribution in [0.1, 0.15) is 0 Å². The van der Waals surface area contributed by atoms with Crippen LogP contribution in [0.15, 0.2) is 239 Å². The summed E-state index contributed by atoms with van der Waals surface area (Å²) in [5.41, 5.74) is 16.1. The molecule has 6 nitrogen and oxygen atoms in total. The highest BCUT2D eigenvalue weighted by Crippen LogP contribution is 2.41. The Morgan fingerprint density at radius 1 is 0.275 bits per heavy atom. The van der Waals surface area contributed by atoms with Crippen molar-refractivity contribution in [1.29, 1.82) is 0 Å². The molecule has 0 aliphatic carbocycles. The van der Waals surface area contributed by atoms with Crippen molar-refractivity contribution in [2.75, 3.05) is 0 Å². The molecule has 0 radical (unpaired) electrons. The fraction of sp³-hybridized carbons (Fsp3) is 0. The average Bonchev–Trinajstić information content (AvgIpc) is 4.10. The lowest BCUT2D eigenvalue weighted by atomic mass is 10.00. The normalized spacial score (nSPS) is 11.8. The van der Waals surface area contributed by atoms with Gasteiger partial charge in [0, 0.05) is 54.7 Å². The SMILES string of the molecule is c1ccc(-c2ccc(-c3nc(-c4ccccc4)nc(-c4cccc5oc6cc(-c7ccc8oc9ccc(-n%10c%11ccccc%11c%11cc(-c%12ccccc%12)ccc%11%10)cc9c8c7)ccc6c45)n3)cc2)cc1. The summed E-state index contributed by atoms with van der Waals surface area (Å²) in [5, 5.41) is 6.50. The zero-order valence-corrected chi connectivity index (χ0v) is 37.0. The van der Waals surface area contributed by atoms with E-state index in [9.17, 15) is 0 Å². The first kappa shape index (κ1) is 38.8. The van der Waals surface area contributed by atoms with E-state index in [0.717, 1.165) is 99.5 Å². The van der Waals surface area contributed by atoms with Gasteiger partial charge in [0.2, 0.25) is 0 Å². The average molecular weight is 883 g/mol. The standard InChI is InChI=1S/C63H38N4O2/c1-4-13-39(14-5-1)41-23-25-43(26-24-41)62-64-61(42-17-8-3-9-18-42)65-63(66-62)50-20-12-22-58-60(50)49-31-27-46(37-59(49)69-58)45-29-33-56-52(36-45)53-38-47(30-34-57(53)68-56)67-54-21-11-10-19-48(54)51-35-44(28-32-55(51)67)40-15-6-2-7-16-40/h1-38H. The van der Waals surface area contributed by atoms with Gasteiger partial charge in [0.1, 0.15) is 22.3 Å². The van der Waals surface area contributed by atoms with Crippen LogP contribution in [0.4, 0.5) is 0 Å².